The van der Waals surface area contributed by atoms with Crippen molar-refractivity contribution in [2.24, 2.45) is 0 Å². The highest BCUT2D eigenvalue weighted by Gasteiger charge is 2.25. The SMILES string of the molecule is CCCc1c(-c2ccc(O)cc2)nn(-c2ccc(O)cc2)c1-c1ccc(O)cc1.CCCc1c(-c2ccc(O)cc2)nn(-c2ccc(O)cc2)c1-c1ccc(O)cc1.CCCc1c(-c2ccc(O)cc2)nn(-c2ccc(O)cc2)c1-c1ccc(O)cc1. The van der Waals surface area contributed by atoms with Crippen molar-refractivity contribution in [1.82, 2.24) is 29.3 Å². The van der Waals surface area contributed by atoms with Crippen LogP contribution in [0.1, 0.15) is 56.7 Å². The molecule has 3 aromatic heterocycles. The Bertz CT molecular complexity index is 3780. The average Bonchev–Trinajstić information content (AvgIpc) is 1.80. The largest absolute Gasteiger partial charge is 0.508 e. The van der Waals surface area contributed by atoms with Gasteiger partial charge in [0.2, 0.25) is 0 Å². The maximum atomic E-state index is 9.73. The van der Waals surface area contributed by atoms with Crippen LogP contribution in [0.3, 0.4) is 0 Å². The number of hydrogen-bond acceptors (Lipinski definition) is 12. The Morgan fingerprint density at radius 3 is 0.563 bits per heavy atom. The van der Waals surface area contributed by atoms with Gasteiger partial charge in [-0.3, -0.25) is 0 Å². The number of rotatable bonds is 15. The predicted octanol–water partition coefficient (Wildman–Crippen LogP) is 15.8. The lowest BCUT2D eigenvalue weighted by molar-refractivity contribution is 0.474. The monoisotopic (exact) mass is 1160 g/mol. The van der Waals surface area contributed by atoms with E-state index in [-0.39, 0.29) is 51.7 Å². The maximum Gasteiger partial charge on any atom is 0.115 e. The first-order valence-electron chi connectivity index (χ1n) is 28.7. The summed E-state index contributed by atoms with van der Waals surface area (Å²) in [4.78, 5) is 0. The number of phenolic OH excluding ortho intramolecular Hbond substituents is 9. The zero-order chi connectivity index (χ0) is 61.1. The lowest BCUT2D eigenvalue weighted by atomic mass is 9.98. The van der Waals surface area contributed by atoms with Gasteiger partial charge in [-0.05, 0) is 238 Å². The Hall–Kier alpha value is -11.2. The van der Waals surface area contributed by atoms with Crippen LogP contribution in [-0.2, 0) is 19.3 Å². The van der Waals surface area contributed by atoms with Gasteiger partial charge < -0.3 is 46.0 Å². The standard InChI is InChI=1S/3C24H22N2O3/c3*1-2-3-22-23(16-4-10-19(27)11-5-16)25-26(18-8-14-21(29)15-9-18)24(22)17-6-12-20(28)13-7-17/h3*4-15,27-29H,2-3H2,1H3. The van der Waals surface area contributed by atoms with Crippen molar-refractivity contribution < 1.29 is 46.0 Å². The van der Waals surface area contributed by atoms with Crippen molar-refractivity contribution in [2.45, 2.75) is 59.3 Å². The summed E-state index contributed by atoms with van der Waals surface area (Å²) >= 11 is 0. The van der Waals surface area contributed by atoms with E-state index in [1.807, 2.05) is 123 Å². The molecule has 438 valence electrons. The van der Waals surface area contributed by atoms with Crippen LogP contribution < -0.4 is 0 Å². The Balaban J connectivity index is 0.000000144. The molecule has 0 bridgehead atoms. The summed E-state index contributed by atoms with van der Waals surface area (Å²) in [6.07, 6.45) is 5.30. The second-order valence-electron chi connectivity index (χ2n) is 20.8. The Labute approximate surface area is 503 Å². The first-order valence-corrected chi connectivity index (χ1v) is 28.7. The van der Waals surface area contributed by atoms with Crippen LogP contribution in [0.2, 0.25) is 0 Å². The molecular formula is C72H66N6O9. The topological polar surface area (TPSA) is 236 Å². The van der Waals surface area contributed by atoms with Gasteiger partial charge in [-0.15, -0.1) is 0 Å². The fourth-order valence-electron chi connectivity index (χ4n) is 10.5. The molecule has 0 radical (unpaired) electrons. The van der Waals surface area contributed by atoms with Crippen LogP contribution in [0.25, 0.3) is 84.6 Å². The lowest BCUT2D eigenvalue weighted by Crippen LogP contribution is -2.00. The Kier molecular flexibility index (Phi) is 18.0. The van der Waals surface area contributed by atoms with E-state index in [4.69, 9.17) is 15.3 Å². The van der Waals surface area contributed by atoms with E-state index in [0.717, 1.165) is 140 Å². The summed E-state index contributed by atoms with van der Waals surface area (Å²) in [5.41, 5.74) is 16.7. The van der Waals surface area contributed by atoms with Gasteiger partial charge >= 0.3 is 0 Å². The molecule has 3 heterocycles. The van der Waals surface area contributed by atoms with Gasteiger partial charge in [-0.2, -0.15) is 15.3 Å². The molecule has 12 aromatic rings. The number of hydrogen-bond donors (Lipinski definition) is 9. The molecule has 0 aliphatic heterocycles. The molecule has 0 aliphatic rings. The number of phenols is 9. The molecule has 12 rings (SSSR count). The highest BCUT2D eigenvalue weighted by atomic mass is 16.3. The fourth-order valence-corrected chi connectivity index (χ4v) is 10.5. The van der Waals surface area contributed by atoms with Crippen LogP contribution >= 0.6 is 0 Å². The van der Waals surface area contributed by atoms with Crippen molar-refractivity contribution in [3.05, 3.63) is 235 Å². The summed E-state index contributed by atoms with van der Waals surface area (Å²) in [6.45, 7) is 6.37. The molecule has 9 N–H and O–H groups in total. The average molecular weight is 1160 g/mol. The maximum absolute atomic E-state index is 9.73. The van der Waals surface area contributed by atoms with Gasteiger partial charge in [-0.25, -0.2) is 14.0 Å². The number of aromatic hydroxyl groups is 9. The molecule has 0 unspecified atom stereocenters. The first-order chi connectivity index (χ1) is 42.2. The van der Waals surface area contributed by atoms with E-state index < -0.39 is 0 Å². The van der Waals surface area contributed by atoms with Gasteiger partial charge in [0, 0.05) is 50.1 Å². The van der Waals surface area contributed by atoms with Crippen LogP contribution in [0.5, 0.6) is 51.7 Å². The minimum absolute atomic E-state index is 0.194. The molecule has 0 aliphatic carbocycles. The van der Waals surface area contributed by atoms with Gasteiger partial charge in [0.25, 0.3) is 0 Å². The smallest absolute Gasteiger partial charge is 0.115 e. The Morgan fingerprint density at radius 1 is 0.230 bits per heavy atom. The summed E-state index contributed by atoms with van der Waals surface area (Å²) in [6, 6.07) is 63.1. The number of nitrogens with zero attached hydrogens (tertiary/aromatic N) is 6. The van der Waals surface area contributed by atoms with Gasteiger partial charge in [0.05, 0.1) is 51.2 Å². The highest BCUT2D eigenvalue weighted by Crippen LogP contribution is 2.40. The van der Waals surface area contributed by atoms with E-state index in [0.29, 0.717) is 0 Å². The molecule has 0 spiro atoms. The quantitative estimate of drug-likeness (QED) is 0.0466. The predicted molar refractivity (Wildman–Crippen MR) is 340 cm³/mol. The molecule has 15 nitrogen and oxygen atoms in total. The lowest BCUT2D eigenvalue weighted by Gasteiger charge is -2.10. The van der Waals surface area contributed by atoms with Crippen molar-refractivity contribution in [2.75, 3.05) is 0 Å². The zero-order valence-electron chi connectivity index (χ0n) is 48.2. The fraction of sp³-hybridized carbons (Fsp3) is 0.125. The van der Waals surface area contributed by atoms with Crippen molar-refractivity contribution >= 4 is 0 Å². The van der Waals surface area contributed by atoms with E-state index in [2.05, 4.69) is 20.8 Å². The van der Waals surface area contributed by atoms with E-state index in [1.54, 1.807) is 109 Å². The van der Waals surface area contributed by atoms with E-state index >= 15 is 0 Å². The zero-order valence-corrected chi connectivity index (χ0v) is 48.2. The van der Waals surface area contributed by atoms with Gasteiger partial charge in [-0.1, -0.05) is 40.0 Å². The normalized spacial score (nSPS) is 10.9. The summed E-state index contributed by atoms with van der Waals surface area (Å²) < 4.78 is 5.62. The van der Waals surface area contributed by atoms with Crippen LogP contribution in [0.15, 0.2) is 218 Å². The third-order valence-electron chi connectivity index (χ3n) is 14.6. The van der Waals surface area contributed by atoms with Crippen LogP contribution in [-0.4, -0.2) is 75.3 Å². The molecule has 87 heavy (non-hydrogen) atoms. The van der Waals surface area contributed by atoms with Crippen LogP contribution in [0.4, 0.5) is 0 Å². The molecule has 0 fully saturated rings. The molecular weight excluding hydrogens is 1090 g/mol. The van der Waals surface area contributed by atoms with E-state index in [1.165, 1.54) is 0 Å². The summed E-state index contributed by atoms with van der Waals surface area (Å²) in [7, 11) is 0. The van der Waals surface area contributed by atoms with Crippen LogP contribution in [0, 0.1) is 0 Å². The molecule has 9 aromatic carbocycles. The number of aromatic nitrogens is 6. The second kappa shape index (κ2) is 26.6. The summed E-state index contributed by atoms with van der Waals surface area (Å²) in [5, 5.41) is 102. The molecule has 0 atom stereocenters. The molecule has 0 saturated carbocycles. The minimum Gasteiger partial charge on any atom is -0.508 e. The third-order valence-corrected chi connectivity index (χ3v) is 14.6. The van der Waals surface area contributed by atoms with Crippen molar-refractivity contribution in [3.8, 4) is 136 Å². The number of benzene rings is 9. The molecule has 0 saturated heterocycles. The van der Waals surface area contributed by atoms with Crippen molar-refractivity contribution in [1.29, 1.82) is 0 Å². The summed E-state index contributed by atoms with van der Waals surface area (Å²) in [5.74, 6) is 1.84. The minimum atomic E-state index is 0.194. The van der Waals surface area contributed by atoms with Crippen molar-refractivity contribution in [3.63, 3.8) is 0 Å². The van der Waals surface area contributed by atoms with Gasteiger partial charge in [0.1, 0.15) is 51.7 Å². The second-order valence-corrected chi connectivity index (χ2v) is 20.8. The third kappa shape index (κ3) is 13.4. The van der Waals surface area contributed by atoms with Gasteiger partial charge in [0.15, 0.2) is 0 Å². The molecule has 15 heteroatoms. The van der Waals surface area contributed by atoms with E-state index in [9.17, 15) is 46.0 Å². The first kappa shape index (κ1) is 59.0. The molecule has 0 amide bonds. The Morgan fingerprint density at radius 2 is 0.391 bits per heavy atom. The highest BCUT2D eigenvalue weighted by molar-refractivity contribution is 5.80.